The molecule has 3 N–H and O–H groups in total. The number of hydrogen-bond donors (Lipinski definition) is 2. The molecule has 0 bridgehead atoms. The number of benzene rings is 2. The number of carbonyl (C=O) groups excluding carboxylic acids is 1. The summed E-state index contributed by atoms with van der Waals surface area (Å²) in [5, 5.41) is 3.39. The molecule has 0 radical (unpaired) electrons. The number of anilines is 2. The summed E-state index contributed by atoms with van der Waals surface area (Å²) in [5.74, 6) is 0.141. The van der Waals surface area contributed by atoms with Crippen LogP contribution in [0.2, 0.25) is 0 Å². The van der Waals surface area contributed by atoms with E-state index in [1.807, 2.05) is 25.8 Å². The standard InChI is InChI=1S/C25H36N4O/c1-17-19(3)25(20(4)18(2)24(17)26)27-15-23(30)28(5)22-11-13-29(14-12-22)16-21-9-7-6-8-10-21/h6-10,22,27H,11-16,26H2,1-5H3. The molecule has 2 aromatic carbocycles. The zero-order valence-corrected chi connectivity index (χ0v) is 19.1. The van der Waals surface area contributed by atoms with Crippen LogP contribution in [0.3, 0.4) is 0 Å². The number of nitrogens with one attached hydrogen (secondary N) is 1. The van der Waals surface area contributed by atoms with Crippen molar-refractivity contribution in [2.45, 2.75) is 53.1 Å². The van der Waals surface area contributed by atoms with Crippen molar-refractivity contribution in [3.05, 3.63) is 58.1 Å². The molecule has 1 aliphatic rings. The first-order valence-corrected chi connectivity index (χ1v) is 10.9. The van der Waals surface area contributed by atoms with E-state index in [0.717, 1.165) is 66.1 Å². The molecule has 1 fully saturated rings. The number of nitrogen functional groups attached to an aromatic ring is 1. The van der Waals surface area contributed by atoms with Gasteiger partial charge in [-0.2, -0.15) is 0 Å². The Hall–Kier alpha value is -2.53. The third-order valence-corrected chi connectivity index (χ3v) is 6.85. The maximum atomic E-state index is 12.9. The summed E-state index contributed by atoms with van der Waals surface area (Å²) in [5.41, 5.74) is 13.9. The largest absolute Gasteiger partial charge is 0.398 e. The molecule has 1 aliphatic heterocycles. The van der Waals surface area contributed by atoms with Crippen LogP contribution in [0.15, 0.2) is 30.3 Å². The summed E-state index contributed by atoms with van der Waals surface area (Å²) in [7, 11) is 1.95. The molecule has 1 amide bonds. The molecule has 0 spiro atoms. The summed E-state index contributed by atoms with van der Waals surface area (Å²) in [6.45, 7) is 11.6. The van der Waals surface area contributed by atoms with Gasteiger partial charge in [0.25, 0.3) is 0 Å². The number of hydrogen-bond acceptors (Lipinski definition) is 4. The van der Waals surface area contributed by atoms with Crippen molar-refractivity contribution >= 4 is 17.3 Å². The number of carbonyl (C=O) groups is 1. The van der Waals surface area contributed by atoms with E-state index in [9.17, 15) is 4.79 Å². The predicted molar refractivity (Wildman–Crippen MR) is 126 cm³/mol. The van der Waals surface area contributed by atoms with Gasteiger partial charge in [0.05, 0.1) is 6.54 Å². The molecule has 0 saturated carbocycles. The van der Waals surface area contributed by atoms with Crippen LogP contribution < -0.4 is 11.1 Å². The van der Waals surface area contributed by atoms with E-state index in [2.05, 4.69) is 54.4 Å². The molecule has 5 heteroatoms. The molecular formula is C25H36N4O. The highest BCUT2D eigenvalue weighted by Gasteiger charge is 2.25. The lowest BCUT2D eigenvalue weighted by Crippen LogP contribution is -2.46. The van der Waals surface area contributed by atoms with Gasteiger partial charge in [0, 0.05) is 44.1 Å². The van der Waals surface area contributed by atoms with E-state index in [0.29, 0.717) is 12.6 Å². The third-order valence-electron chi connectivity index (χ3n) is 6.85. The minimum atomic E-state index is 0.141. The first kappa shape index (κ1) is 22.2. The smallest absolute Gasteiger partial charge is 0.241 e. The van der Waals surface area contributed by atoms with Gasteiger partial charge in [-0.05, 0) is 68.4 Å². The van der Waals surface area contributed by atoms with Gasteiger partial charge in [-0.25, -0.2) is 0 Å². The SMILES string of the molecule is Cc1c(C)c(NCC(=O)N(C)C2CCN(Cc3ccccc3)CC2)c(C)c(C)c1N. The van der Waals surface area contributed by atoms with Crippen LogP contribution in [0.4, 0.5) is 11.4 Å². The Morgan fingerprint density at radius 3 is 2.17 bits per heavy atom. The van der Waals surface area contributed by atoms with E-state index < -0.39 is 0 Å². The van der Waals surface area contributed by atoms with Crippen LogP contribution in [0.25, 0.3) is 0 Å². The molecule has 3 rings (SSSR count). The summed E-state index contributed by atoms with van der Waals surface area (Å²) in [4.78, 5) is 17.3. The Bertz CT molecular complexity index is 857. The lowest BCUT2D eigenvalue weighted by molar-refractivity contribution is -0.130. The van der Waals surface area contributed by atoms with Crippen molar-refractivity contribution in [3.63, 3.8) is 0 Å². The first-order valence-electron chi connectivity index (χ1n) is 10.9. The maximum absolute atomic E-state index is 12.9. The quantitative estimate of drug-likeness (QED) is 0.708. The second kappa shape index (κ2) is 9.52. The van der Waals surface area contributed by atoms with Crippen molar-refractivity contribution in [2.75, 3.05) is 37.7 Å². The molecule has 162 valence electrons. The van der Waals surface area contributed by atoms with E-state index in [4.69, 9.17) is 5.73 Å². The first-order chi connectivity index (χ1) is 14.3. The van der Waals surface area contributed by atoms with Crippen molar-refractivity contribution in [3.8, 4) is 0 Å². The fraction of sp³-hybridized carbons (Fsp3) is 0.480. The minimum absolute atomic E-state index is 0.141. The zero-order chi connectivity index (χ0) is 21.8. The van der Waals surface area contributed by atoms with Gasteiger partial charge in [-0.1, -0.05) is 30.3 Å². The number of nitrogens with zero attached hydrogens (tertiary/aromatic N) is 2. The highest BCUT2D eigenvalue weighted by Crippen LogP contribution is 2.32. The second-order valence-corrected chi connectivity index (χ2v) is 8.64. The normalized spacial score (nSPS) is 15.2. The molecule has 0 atom stereocenters. The molecule has 0 aromatic heterocycles. The highest BCUT2D eigenvalue weighted by atomic mass is 16.2. The Labute approximate surface area is 181 Å². The number of amides is 1. The number of likely N-dealkylation sites (tertiary alicyclic amines) is 1. The molecule has 5 nitrogen and oxygen atoms in total. The van der Waals surface area contributed by atoms with E-state index >= 15 is 0 Å². The number of nitrogens with two attached hydrogens (primary N) is 1. The second-order valence-electron chi connectivity index (χ2n) is 8.64. The Balaban J connectivity index is 1.54. The van der Waals surface area contributed by atoms with Crippen molar-refractivity contribution < 1.29 is 4.79 Å². The van der Waals surface area contributed by atoms with Gasteiger partial charge >= 0.3 is 0 Å². The van der Waals surface area contributed by atoms with E-state index in [1.54, 1.807) is 0 Å². The zero-order valence-electron chi connectivity index (χ0n) is 19.1. The number of likely N-dealkylation sites (N-methyl/N-ethyl adjacent to an activating group) is 1. The molecule has 2 aromatic rings. The summed E-state index contributed by atoms with van der Waals surface area (Å²) >= 11 is 0. The van der Waals surface area contributed by atoms with Gasteiger partial charge < -0.3 is 16.0 Å². The lowest BCUT2D eigenvalue weighted by Gasteiger charge is -2.37. The summed E-state index contributed by atoms with van der Waals surface area (Å²) in [6.07, 6.45) is 2.04. The lowest BCUT2D eigenvalue weighted by atomic mass is 9.96. The van der Waals surface area contributed by atoms with Crippen LogP contribution in [0.1, 0.15) is 40.7 Å². The maximum Gasteiger partial charge on any atom is 0.241 e. The fourth-order valence-electron chi connectivity index (χ4n) is 4.41. The van der Waals surface area contributed by atoms with Crippen molar-refractivity contribution in [1.82, 2.24) is 9.80 Å². The predicted octanol–water partition coefficient (Wildman–Crippen LogP) is 4.04. The summed E-state index contributed by atoms with van der Waals surface area (Å²) < 4.78 is 0. The van der Waals surface area contributed by atoms with Crippen LogP contribution in [0.5, 0.6) is 0 Å². The minimum Gasteiger partial charge on any atom is -0.398 e. The molecular weight excluding hydrogens is 372 g/mol. The van der Waals surface area contributed by atoms with Gasteiger partial charge in [0.15, 0.2) is 0 Å². The van der Waals surface area contributed by atoms with Crippen molar-refractivity contribution in [1.29, 1.82) is 0 Å². The van der Waals surface area contributed by atoms with Crippen molar-refractivity contribution in [2.24, 2.45) is 0 Å². The van der Waals surface area contributed by atoms with Gasteiger partial charge in [-0.15, -0.1) is 0 Å². The average molecular weight is 409 g/mol. The van der Waals surface area contributed by atoms with Gasteiger partial charge in [0.2, 0.25) is 5.91 Å². The van der Waals surface area contributed by atoms with Crippen LogP contribution >= 0.6 is 0 Å². The summed E-state index contributed by atoms with van der Waals surface area (Å²) in [6, 6.07) is 10.9. The topological polar surface area (TPSA) is 61.6 Å². The monoisotopic (exact) mass is 408 g/mol. The van der Waals surface area contributed by atoms with Crippen LogP contribution in [-0.2, 0) is 11.3 Å². The third kappa shape index (κ3) is 4.78. The molecule has 0 aliphatic carbocycles. The van der Waals surface area contributed by atoms with E-state index in [1.165, 1.54) is 5.56 Å². The van der Waals surface area contributed by atoms with E-state index in [-0.39, 0.29) is 5.91 Å². The Morgan fingerprint density at radius 1 is 1.03 bits per heavy atom. The van der Waals surface area contributed by atoms with Crippen LogP contribution in [0, 0.1) is 27.7 Å². The molecule has 30 heavy (non-hydrogen) atoms. The fourth-order valence-corrected chi connectivity index (χ4v) is 4.41. The van der Waals surface area contributed by atoms with Gasteiger partial charge in [0.1, 0.15) is 0 Å². The molecule has 1 heterocycles. The molecule has 0 unspecified atom stereocenters. The Morgan fingerprint density at radius 2 is 1.60 bits per heavy atom. The Kier molecular flexibility index (Phi) is 7.03. The number of rotatable bonds is 6. The van der Waals surface area contributed by atoms with Crippen LogP contribution in [-0.4, -0.2) is 48.4 Å². The average Bonchev–Trinajstić information content (AvgIpc) is 2.77. The molecule has 1 saturated heterocycles. The number of piperidine rings is 1. The highest BCUT2D eigenvalue weighted by molar-refractivity contribution is 5.82. The van der Waals surface area contributed by atoms with Gasteiger partial charge in [-0.3, -0.25) is 9.69 Å².